The third-order valence-corrected chi connectivity index (χ3v) is 7.85. The summed E-state index contributed by atoms with van der Waals surface area (Å²) in [6.45, 7) is 1.91. The Morgan fingerprint density at radius 1 is 1.02 bits per heavy atom. The lowest BCUT2D eigenvalue weighted by molar-refractivity contribution is -0.0285. The number of aryl methyl sites for hydroxylation is 1. The minimum atomic E-state index is -1.19. The highest BCUT2D eigenvalue weighted by atomic mass is 32.2. The monoisotopic (exact) mass is 554 g/mol. The molecule has 0 saturated carbocycles. The zero-order valence-electron chi connectivity index (χ0n) is 21.5. The Hall–Kier alpha value is -4.21. The van der Waals surface area contributed by atoms with Gasteiger partial charge in [0, 0.05) is 35.0 Å². The predicted octanol–water partition coefficient (Wildman–Crippen LogP) is 3.32. The Bertz CT molecular complexity index is 1700. The van der Waals surface area contributed by atoms with Crippen molar-refractivity contribution >= 4 is 28.6 Å². The number of aliphatic hydroxyl groups excluding tert-OH is 2. The Balaban J connectivity index is 1.22. The maximum Gasteiger partial charge on any atom is 0.171 e. The first-order valence-electron chi connectivity index (χ1n) is 12.6. The predicted molar refractivity (Wildman–Crippen MR) is 151 cm³/mol. The van der Waals surface area contributed by atoms with Gasteiger partial charge >= 0.3 is 0 Å². The smallest absolute Gasteiger partial charge is 0.171 e. The Labute approximate surface area is 234 Å². The molecule has 0 spiro atoms. The molecular formula is C29H26N6O4S. The van der Waals surface area contributed by atoms with Gasteiger partial charge in [-0.05, 0) is 25.0 Å². The van der Waals surface area contributed by atoms with Gasteiger partial charge in [0.1, 0.15) is 35.7 Å². The van der Waals surface area contributed by atoms with Crippen LogP contribution in [0.3, 0.4) is 0 Å². The van der Waals surface area contributed by atoms with Crippen LogP contribution in [0.1, 0.15) is 28.7 Å². The van der Waals surface area contributed by atoms with Crippen molar-refractivity contribution in [3.8, 4) is 23.2 Å². The Morgan fingerprint density at radius 2 is 1.85 bits per heavy atom. The molecule has 1 aromatic carbocycles. The molecule has 1 aliphatic rings. The van der Waals surface area contributed by atoms with E-state index < -0.39 is 24.5 Å². The number of ether oxygens (including phenoxy) is 1. The van der Waals surface area contributed by atoms with Gasteiger partial charge in [-0.15, -0.1) is 0 Å². The average molecular weight is 555 g/mol. The number of pyridine rings is 1. The van der Waals surface area contributed by atoms with E-state index in [0.29, 0.717) is 33.8 Å². The van der Waals surface area contributed by atoms with Gasteiger partial charge < -0.3 is 29.8 Å². The van der Waals surface area contributed by atoms with Crippen LogP contribution in [0.25, 0.3) is 22.4 Å². The van der Waals surface area contributed by atoms with Crippen molar-refractivity contribution in [3.63, 3.8) is 0 Å². The Kier molecular flexibility index (Phi) is 7.23. The highest BCUT2D eigenvalue weighted by Crippen LogP contribution is 2.36. The highest BCUT2D eigenvalue weighted by Gasteiger charge is 2.44. The first-order valence-corrected chi connectivity index (χ1v) is 13.8. The number of nitrogens with two attached hydrogens (primary N) is 1. The molecule has 1 aliphatic heterocycles. The van der Waals surface area contributed by atoms with E-state index in [0.717, 1.165) is 22.6 Å². The van der Waals surface area contributed by atoms with Crippen molar-refractivity contribution in [1.82, 2.24) is 24.7 Å². The molecule has 0 unspecified atom stereocenters. The van der Waals surface area contributed by atoms with E-state index in [1.807, 2.05) is 49.4 Å². The summed E-state index contributed by atoms with van der Waals surface area (Å²) in [4.78, 5) is 12.7. The molecule has 4 N–H and O–H groups in total. The van der Waals surface area contributed by atoms with Gasteiger partial charge in [0.25, 0.3) is 0 Å². The summed E-state index contributed by atoms with van der Waals surface area (Å²) in [6, 6.07) is 15.3. The fourth-order valence-electron chi connectivity index (χ4n) is 4.71. The molecule has 0 bridgehead atoms. The molecule has 4 aromatic heterocycles. The Morgan fingerprint density at radius 3 is 2.65 bits per heavy atom. The lowest BCUT2D eigenvalue weighted by Crippen LogP contribution is -2.32. The van der Waals surface area contributed by atoms with Crippen molar-refractivity contribution in [2.24, 2.45) is 0 Å². The van der Waals surface area contributed by atoms with Crippen LogP contribution in [0.4, 0.5) is 5.82 Å². The molecule has 4 atom stereocenters. The summed E-state index contributed by atoms with van der Waals surface area (Å²) >= 11 is 1.57. The van der Waals surface area contributed by atoms with Crippen LogP contribution in [-0.2, 0) is 10.5 Å². The second-order valence-electron chi connectivity index (χ2n) is 9.38. The molecule has 5 heterocycles. The third kappa shape index (κ3) is 4.94. The first-order chi connectivity index (χ1) is 19.5. The van der Waals surface area contributed by atoms with E-state index in [9.17, 15) is 10.2 Å². The zero-order chi connectivity index (χ0) is 27.6. The number of hydrogen-bond donors (Lipinski definition) is 3. The third-order valence-electron chi connectivity index (χ3n) is 6.79. The number of aromatic nitrogens is 5. The van der Waals surface area contributed by atoms with Crippen LogP contribution in [0.5, 0.6) is 0 Å². The minimum absolute atomic E-state index is 0.257. The van der Waals surface area contributed by atoms with Crippen LogP contribution in [-0.4, -0.2) is 59.0 Å². The second-order valence-corrected chi connectivity index (χ2v) is 10.4. The van der Waals surface area contributed by atoms with Crippen molar-refractivity contribution in [2.45, 2.75) is 37.2 Å². The van der Waals surface area contributed by atoms with Crippen molar-refractivity contribution < 1.29 is 19.5 Å². The highest BCUT2D eigenvalue weighted by molar-refractivity contribution is 7.98. The van der Waals surface area contributed by atoms with Gasteiger partial charge in [-0.1, -0.05) is 47.5 Å². The molecule has 11 heteroatoms. The fraction of sp³-hybridized carbons (Fsp3) is 0.241. The summed E-state index contributed by atoms with van der Waals surface area (Å²) in [5.41, 5.74) is 10.6. The van der Waals surface area contributed by atoms with Crippen LogP contribution < -0.4 is 5.73 Å². The number of fused-ring (bicyclic) bond motifs is 1. The number of hydrogen-bond acceptors (Lipinski definition) is 10. The second kappa shape index (κ2) is 11.1. The van der Waals surface area contributed by atoms with E-state index in [2.05, 4.69) is 31.9 Å². The van der Waals surface area contributed by atoms with Crippen molar-refractivity contribution in [2.75, 3.05) is 11.5 Å². The number of anilines is 1. The normalized spacial score (nSPS) is 20.5. The zero-order valence-corrected chi connectivity index (χ0v) is 22.3. The molecular weight excluding hydrogens is 528 g/mol. The molecule has 40 heavy (non-hydrogen) atoms. The number of aliphatic hydroxyl groups is 2. The number of nitrogen functional groups attached to an aromatic ring is 1. The van der Waals surface area contributed by atoms with Crippen LogP contribution in [0.15, 0.2) is 71.8 Å². The van der Waals surface area contributed by atoms with Gasteiger partial charge in [-0.25, -0.2) is 15.0 Å². The summed E-state index contributed by atoms with van der Waals surface area (Å²) in [5, 5.41) is 26.6. The molecule has 0 radical (unpaired) electrons. The maximum absolute atomic E-state index is 11.0. The minimum Gasteiger partial charge on any atom is -0.387 e. The van der Waals surface area contributed by atoms with E-state index in [1.54, 1.807) is 34.8 Å². The molecule has 1 fully saturated rings. The summed E-state index contributed by atoms with van der Waals surface area (Å²) in [6.07, 6.45) is 0.931. The molecule has 0 amide bonds. The number of benzene rings is 1. The SMILES string of the molecule is Cc1noc(-c2ccccc2)c1CSC[C@H]1O[C@@H](n2cc(C#Cc3ccccn3)c3c(N)ncnc32)[C@H](O)[C@@H]1O. The molecule has 1 saturated heterocycles. The topological polar surface area (TPSA) is 145 Å². The number of rotatable bonds is 6. The molecule has 6 rings (SSSR count). The van der Waals surface area contributed by atoms with Crippen LogP contribution in [0.2, 0.25) is 0 Å². The average Bonchev–Trinajstić information content (AvgIpc) is 3.63. The summed E-state index contributed by atoms with van der Waals surface area (Å²) < 4.78 is 13.5. The van der Waals surface area contributed by atoms with E-state index in [-0.39, 0.29) is 5.82 Å². The fourth-order valence-corrected chi connectivity index (χ4v) is 5.88. The van der Waals surface area contributed by atoms with Gasteiger partial charge in [0.15, 0.2) is 12.0 Å². The van der Waals surface area contributed by atoms with Gasteiger partial charge in [-0.2, -0.15) is 11.8 Å². The van der Waals surface area contributed by atoms with Crippen LogP contribution in [0, 0.1) is 18.8 Å². The van der Waals surface area contributed by atoms with E-state index in [1.165, 1.54) is 6.33 Å². The standard InChI is InChI=1S/C29H26N6O4S/c1-17-21(26(39-34-17)18-7-3-2-4-8-18)14-40-15-22-24(36)25(37)29(38-22)35-13-19(10-11-20-9-5-6-12-31-20)23-27(30)32-16-33-28(23)35/h2-9,12-13,16,22,24-25,29,36-37H,14-15H2,1H3,(H2,30,32,33)/t22-,24-,25-,29-/m1/s1. The molecule has 5 aromatic rings. The molecule has 10 nitrogen and oxygen atoms in total. The summed E-state index contributed by atoms with van der Waals surface area (Å²) in [7, 11) is 0. The van der Waals surface area contributed by atoms with Crippen molar-refractivity contribution in [3.05, 3.63) is 89.8 Å². The van der Waals surface area contributed by atoms with Gasteiger partial charge in [-0.3, -0.25) is 0 Å². The summed E-state index contributed by atoms with van der Waals surface area (Å²) in [5.74, 6) is 8.14. The quantitative estimate of drug-likeness (QED) is 0.267. The van der Waals surface area contributed by atoms with Crippen LogP contribution >= 0.6 is 11.8 Å². The van der Waals surface area contributed by atoms with Gasteiger partial charge in [0.2, 0.25) is 0 Å². The van der Waals surface area contributed by atoms with E-state index in [4.69, 9.17) is 15.0 Å². The first kappa shape index (κ1) is 26.0. The number of thioether (sulfide) groups is 1. The molecule has 0 aliphatic carbocycles. The van der Waals surface area contributed by atoms with E-state index >= 15 is 0 Å². The number of nitrogens with zero attached hydrogens (tertiary/aromatic N) is 5. The van der Waals surface area contributed by atoms with Gasteiger partial charge in [0.05, 0.1) is 22.7 Å². The largest absolute Gasteiger partial charge is 0.387 e. The maximum atomic E-state index is 11.0. The molecule has 202 valence electrons. The lowest BCUT2D eigenvalue weighted by atomic mass is 10.1. The lowest BCUT2D eigenvalue weighted by Gasteiger charge is -2.17. The van der Waals surface area contributed by atoms with Crippen molar-refractivity contribution in [1.29, 1.82) is 0 Å².